The third kappa shape index (κ3) is 3.15. The molecule has 0 aliphatic rings. The first kappa shape index (κ1) is 9.42. The number of halogens is 1. The highest BCUT2D eigenvalue weighted by atomic mass is 79.9. The Kier molecular flexibility index (Phi) is 3.97. The van der Waals surface area contributed by atoms with E-state index in [2.05, 4.69) is 32.3 Å². The number of likely N-dealkylation sites (N-methyl/N-ethyl adjacent to an activating group) is 1. The fourth-order valence-electron chi connectivity index (χ4n) is 0.799. The van der Waals surface area contributed by atoms with Crippen molar-refractivity contribution >= 4 is 22.0 Å². The van der Waals surface area contributed by atoms with Crippen LogP contribution in [0.4, 0.5) is 0 Å². The molecule has 1 rings (SSSR count). The Morgan fingerprint density at radius 1 is 1.58 bits per heavy atom. The van der Waals surface area contributed by atoms with Crippen LogP contribution >= 0.6 is 15.9 Å². The molecule has 0 bridgehead atoms. The molecule has 0 saturated heterocycles. The third-order valence-electron chi connectivity index (χ3n) is 1.38. The van der Waals surface area contributed by atoms with Gasteiger partial charge < -0.3 is 5.32 Å². The van der Waals surface area contributed by atoms with Gasteiger partial charge in [-0.2, -0.15) is 0 Å². The zero-order chi connectivity index (χ0) is 8.81. The molecule has 0 aliphatic carbocycles. The fourth-order valence-corrected chi connectivity index (χ4v) is 1.03. The lowest BCUT2D eigenvalue weighted by Crippen LogP contribution is -2.03. The van der Waals surface area contributed by atoms with Gasteiger partial charge in [-0.05, 0) is 34.6 Å². The van der Waals surface area contributed by atoms with Gasteiger partial charge in [-0.1, -0.05) is 18.2 Å². The van der Waals surface area contributed by atoms with Crippen molar-refractivity contribution in [3.05, 3.63) is 34.6 Å². The molecule has 0 saturated carbocycles. The lowest BCUT2D eigenvalue weighted by atomic mass is 10.2. The molecule has 0 atom stereocenters. The molecule has 0 unspecified atom stereocenters. The molecular formula is C9H11BrN2. The second kappa shape index (κ2) is 5.06. The Hall–Kier alpha value is -0.670. The number of hydrogen-bond donors (Lipinski definition) is 1. The van der Waals surface area contributed by atoms with Crippen molar-refractivity contribution < 1.29 is 0 Å². The second-order valence-electron chi connectivity index (χ2n) is 2.37. The minimum atomic E-state index is 0.869. The van der Waals surface area contributed by atoms with Gasteiger partial charge >= 0.3 is 0 Å². The Labute approximate surface area is 80.8 Å². The first-order valence-electron chi connectivity index (χ1n) is 3.75. The summed E-state index contributed by atoms with van der Waals surface area (Å²) in [5.41, 5.74) is 1.12. The maximum absolute atomic E-state index is 4.10. The molecule has 0 aliphatic heterocycles. The van der Waals surface area contributed by atoms with Crippen LogP contribution < -0.4 is 5.32 Å². The Morgan fingerprint density at radius 3 is 3.00 bits per heavy atom. The van der Waals surface area contributed by atoms with Crippen molar-refractivity contribution in [2.45, 2.75) is 0 Å². The van der Waals surface area contributed by atoms with E-state index in [-0.39, 0.29) is 0 Å². The summed E-state index contributed by atoms with van der Waals surface area (Å²) in [4.78, 5) is 4.10. The van der Waals surface area contributed by atoms with Gasteiger partial charge in [-0.3, -0.25) is 0 Å². The summed E-state index contributed by atoms with van der Waals surface area (Å²) >= 11 is 3.28. The summed E-state index contributed by atoms with van der Waals surface area (Å²) < 4.78 is 0.869. The average molecular weight is 227 g/mol. The smallest absolute Gasteiger partial charge is 0.106 e. The Bertz CT molecular complexity index is 254. The number of pyridine rings is 1. The van der Waals surface area contributed by atoms with Gasteiger partial charge in [0.25, 0.3) is 0 Å². The van der Waals surface area contributed by atoms with Gasteiger partial charge in [-0.25, -0.2) is 4.98 Å². The molecule has 2 nitrogen and oxygen atoms in total. The summed E-state index contributed by atoms with van der Waals surface area (Å²) in [6.45, 7) is 0.885. The topological polar surface area (TPSA) is 24.9 Å². The monoisotopic (exact) mass is 226 g/mol. The molecule has 0 radical (unpaired) electrons. The zero-order valence-electron chi connectivity index (χ0n) is 6.92. The largest absolute Gasteiger partial charge is 0.316 e. The lowest BCUT2D eigenvalue weighted by molar-refractivity contribution is 0.922. The third-order valence-corrected chi connectivity index (χ3v) is 1.85. The van der Waals surface area contributed by atoms with E-state index >= 15 is 0 Å². The first-order chi connectivity index (χ1) is 5.83. The Morgan fingerprint density at radius 2 is 2.42 bits per heavy atom. The van der Waals surface area contributed by atoms with Crippen LogP contribution in [0.1, 0.15) is 5.56 Å². The molecule has 0 spiro atoms. The standard InChI is InChI=1S/C9H11BrN2/c1-11-6-2-3-8-4-5-9(10)12-7-8/h2-5,7,11H,6H2,1H3. The molecule has 1 N–H and O–H groups in total. The molecular weight excluding hydrogens is 216 g/mol. The van der Waals surface area contributed by atoms with Crippen LogP contribution in [0.3, 0.4) is 0 Å². The number of aromatic nitrogens is 1. The summed E-state index contributed by atoms with van der Waals surface area (Å²) in [5.74, 6) is 0. The van der Waals surface area contributed by atoms with E-state index in [0.717, 1.165) is 16.7 Å². The van der Waals surface area contributed by atoms with Gasteiger partial charge in [0.1, 0.15) is 4.60 Å². The SMILES string of the molecule is CNCC=Cc1ccc(Br)nc1. The predicted molar refractivity (Wildman–Crippen MR) is 54.9 cm³/mol. The maximum Gasteiger partial charge on any atom is 0.106 e. The van der Waals surface area contributed by atoms with Crippen LogP contribution in [-0.2, 0) is 0 Å². The summed E-state index contributed by atoms with van der Waals surface area (Å²) in [5, 5.41) is 3.03. The molecule has 1 aromatic rings. The fraction of sp³-hybridized carbons (Fsp3) is 0.222. The minimum absolute atomic E-state index is 0.869. The van der Waals surface area contributed by atoms with Crippen molar-refractivity contribution in [3.8, 4) is 0 Å². The average Bonchev–Trinajstić information content (AvgIpc) is 2.09. The summed E-state index contributed by atoms with van der Waals surface area (Å²) in [7, 11) is 1.92. The number of nitrogens with zero attached hydrogens (tertiary/aromatic N) is 1. The van der Waals surface area contributed by atoms with Crippen molar-refractivity contribution in [1.82, 2.24) is 10.3 Å². The van der Waals surface area contributed by atoms with Crippen LogP contribution in [-0.4, -0.2) is 18.6 Å². The minimum Gasteiger partial charge on any atom is -0.316 e. The van der Waals surface area contributed by atoms with Crippen LogP contribution in [0.2, 0.25) is 0 Å². The van der Waals surface area contributed by atoms with Crippen LogP contribution in [0.15, 0.2) is 29.0 Å². The van der Waals surface area contributed by atoms with Crippen LogP contribution in [0.25, 0.3) is 6.08 Å². The van der Waals surface area contributed by atoms with Crippen LogP contribution in [0.5, 0.6) is 0 Å². The summed E-state index contributed by atoms with van der Waals surface area (Å²) in [6.07, 6.45) is 5.93. The van der Waals surface area contributed by atoms with E-state index in [1.807, 2.05) is 31.5 Å². The van der Waals surface area contributed by atoms with Crippen molar-refractivity contribution in [1.29, 1.82) is 0 Å². The predicted octanol–water partition coefficient (Wildman–Crippen LogP) is 2.08. The molecule has 0 amide bonds. The van der Waals surface area contributed by atoms with Gasteiger partial charge in [0.15, 0.2) is 0 Å². The molecule has 3 heteroatoms. The van der Waals surface area contributed by atoms with E-state index < -0.39 is 0 Å². The molecule has 64 valence electrons. The van der Waals surface area contributed by atoms with Gasteiger partial charge in [0, 0.05) is 12.7 Å². The highest BCUT2D eigenvalue weighted by molar-refractivity contribution is 9.10. The Balaban J connectivity index is 2.58. The highest BCUT2D eigenvalue weighted by Crippen LogP contribution is 2.06. The normalized spacial score (nSPS) is 10.8. The number of nitrogens with one attached hydrogen (secondary N) is 1. The maximum atomic E-state index is 4.10. The highest BCUT2D eigenvalue weighted by Gasteiger charge is 1.87. The van der Waals surface area contributed by atoms with E-state index in [9.17, 15) is 0 Å². The second-order valence-corrected chi connectivity index (χ2v) is 3.19. The zero-order valence-corrected chi connectivity index (χ0v) is 8.51. The van der Waals surface area contributed by atoms with Crippen LogP contribution in [0, 0.1) is 0 Å². The number of rotatable bonds is 3. The van der Waals surface area contributed by atoms with Crippen molar-refractivity contribution in [2.24, 2.45) is 0 Å². The van der Waals surface area contributed by atoms with E-state index in [4.69, 9.17) is 0 Å². The quantitative estimate of drug-likeness (QED) is 0.799. The van der Waals surface area contributed by atoms with Gasteiger partial charge in [0.05, 0.1) is 0 Å². The molecule has 0 aromatic carbocycles. The van der Waals surface area contributed by atoms with Crippen molar-refractivity contribution in [3.63, 3.8) is 0 Å². The molecule has 1 heterocycles. The van der Waals surface area contributed by atoms with Gasteiger partial charge in [0.2, 0.25) is 0 Å². The van der Waals surface area contributed by atoms with Crippen molar-refractivity contribution in [2.75, 3.05) is 13.6 Å². The first-order valence-corrected chi connectivity index (χ1v) is 4.55. The van der Waals surface area contributed by atoms with E-state index in [1.54, 1.807) is 0 Å². The number of hydrogen-bond acceptors (Lipinski definition) is 2. The molecule has 0 fully saturated rings. The summed E-state index contributed by atoms with van der Waals surface area (Å²) in [6, 6.07) is 3.95. The molecule has 1 aromatic heterocycles. The van der Waals surface area contributed by atoms with E-state index in [0.29, 0.717) is 0 Å². The molecule has 12 heavy (non-hydrogen) atoms. The van der Waals surface area contributed by atoms with E-state index in [1.165, 1.54) is 0 Å². The lowest BCUT2D eigenvalue weighted by Gasteiger charge is -1.92. The van der Waals surface area contributed by atoms with Gasteiger partial charge in [-0.15, -0.1) is 0 Å².